The molecule has 9 heteroatoms. The second kappa shape index (κ2) is 6.79. The molecule has 3 aliphatic heterocycles. The molecule has 28 heavy (non-hydrogen) atoms. The van der Waals surface area contributed by atoms with E-state index in [-0.39, 0.29) is 19.1 Å². The molecule has 0 saturated carbocycles. The SMILES string of the molecule is CC1=CN2C(=NC3C2C(=O)N(CCCO)C(=O)N3C)N1c1ccc(C)c(Cl)c1. The minimum atomic E-state index is -0.614. The Kier molecular flexibility index (Phi) is 4.55. The van der Waals surface area contributed by atoms with Gasteiger partial charge in [-0.25, -0.2) is 9.79 Å². The van der Waals surface area contributed by atoms with E-state index in [0.717, 1.165) is 16.9 Å². The Bertz CT molecular complexity index is 915. The molecule has 1 aromatic carbocycles. The van der Waals surface area contributed by atoms with Gasteiger partial charge in [0, 0.05) is 37.1 Å². The highest BCUT2D eigenvalue weighted by Gasteiger charge is 2.54. The summed E-state index contributed by atoms with van der Waals surface area (Å²) in [6.45, 7) is 3.98. The maximum atomic E-state index is 13.1. The largest absolute Gasteiger partial charge is 0.396 e. The molecular formula is C19H22ClN5O3. The molecule has 3 aliphatic rings. The van der Waals surface area contributed by atoms with Gasteiger partial charge in [-0.3, -0.25) is 14.6 Å². The maximum Gasteiger partial charge on any atom is 0.328 e. The Labute approximate surface area is 168 Å². The molecule has 148 valence electrons. The van der Waals surface area contributed by atoms with Crippen LogP contribution in [0.25, 0.3) is 0 Å². The summed E-state index contributed by atoms with van der Waals surface area (Å²) in [4.78, 5) is 36.8. The fourth-order valence-electron chi connectivity index (χ4n) is 3.83. The number of carbonyl (C=O) groups excluding carboxylic acids is 2. The number of urea groups is 1. The molecule has 3 heterocycles. The smallest absolute Gasteiger partial charge is 0.328 e. The lowest BCUT2D eigenvalue weighted by molar-refractivity contribution is -0.136. The van der Waals surface area contributed by atoms with Crippen LogP contribution in [-0.4, -0.2) is 70.1 Å². The van der Waals surface area contributed by atoms with Crippen molar-refractivity contribution in [3.8, 4) is 0 Å². The van der Waals surface area contributed by atoms with Crippen LogP contribution >= 0.6 is 11.6 Å². The molecule has 1 N–H and O–H groups in total. The monoisotopic (exact) mass is 403 g/mol. The number of aryl methyl sites for hydroxylation is 1. The van der Waals surface area contributed by atoms with E-state index in [1.807, 2.05) is 48.0 Å². The van der Waals surface area contributed by atoms with Gasteiger partial charge in [-0.15, -0.1) is 0 Å². The Morgan fingerprint density at radius 2 is 2.00 bits per heavy atom. The average Bonchev–Trinajstić information content (AvgIpc) is 3.17. The third-order valence-corrected chi connectivity index (χ3v) is 5.75. The van der Waals surface area contributed by atoms with Gasteiger partial charge >= 0.3 is 6.03 Å². The Balaban J connectivity index is 1.70. The highest BCUT2D eigenvalue weighted by atomic mass is 35.5. The zero-order valence-electron chi connectivity index (χ0n) is 16.0. The zero-order valence-corrected chi connectivity index (χ0v) is 16.7. The topological polar surface area (TPSA) is 79.7 Å². The summed E-state index contributed by atoms with van der Waals surface area (Å²) in [7, 11) is 1.65. The average molecular weight is 404 g/mol. The molecular weight excluding hydrogens is 382 g/mol. The van der Waals surface area contributed by atoms with Crippen molar-refractivity contribution in [1.29, 1.82) is 0 Å². The van der Waals surface area contributed by atoms with Gasteiger partial charge in [0.1, 0.15) is 0 Å². The van der Waals surface area contributed by atoms with Crippen LogP contribution in [0.4, 0.5) is 10.5 Å². The molecule has 4 rings (SSSR count). The van der Waals surface area contributed by atoms with E-state index in [9.17, 15) is 9.59 Å². The molecule has 0 aliphatic carbocycles. The van der Waals surface area contributed by atoms with Crippen LogP contribution in [0.2, 0.25) is 5.02 Å². The quantitative estimate of drug-likeness (QED) is 0.831. The predicted octanol–water partition coefficient (Wildman–Crippen LogP) is 1.97. The first-order valence-corrected chi connectivity index (χ1v) is 9.53. The first-order chi connectivity index (χ1) is 13.3. The van der Waals surface area contributed by atoms with E-state index < -0.39 is 18.2 Å². The molecule has 0 radical (unpaired) electrons. The Morgan fingerprint density at radius 3 is 2.68 bits per heavy atom. The van der Waals surface area contributed by atoms with Crippen molar-refractivity contribution in [3.63, 3.8) is 0 Å². The normalized spacial score (nSPS) is 23.9. The fraction of sp³-hybridized carbons (Fsp3) is 0.421. The van der Waals surface area contributed by atoms with Crippen LogP contribution < -0.4 is 4.90 Å². The zero-order chi connectivity index (χ0) is 20.2. The number of aliphatic hydroxyl groups excluding tert-OH is 1. The number of benzene rings is 1. The lowest BCUT2D eigenvalue weighted by Crippen LogP contribution is -2.64. The minimum Gasteiger partial charge on any atom is -0.396 e. The summed E-state index contributed by atoms with van der Waals surface area (Å²) in [5, 5.41) is 9.74. The number of aliphatic imine (C=N–C) groups is 1. The number of carbonyl (C=O) groups is 2. The second-order valence-electron chi connectivity index (χ2n) is 7.19. The molecule has 0 spiro atoms. The second-order valence-corrected chi connectivity index (χ2v) is 7.60. The van der Waals surface area contributed by atoms with Crippen LogP contribution in [0.5, 0.6) is 0 Å². The number of anilines is 1. The van der Waals surface area contributed by atoms with Gasteiger partial charge in [0.25, 0.3) is 5.91 Å². The molecule has 1 saturated heterocycles. The number of halogens is 1. The maximum absolute atomic E-state index is 13.1. The molecule has 3 amide bonds. The summed E-state index contributed by atoms with van der Waals surface area (Å²) in [6.07, 6.45) is 1.63. The number of aliphatic hydroxyl groups is 1. The number of rotatable bonds is 4. The third-order valence-electron chi connectivity index (χ3n) is 5.34. The van der Waals surface area contributed by atoms with Crippen molar-refractivity contribution < 1.29 is 14.7 Å². The van der Waals surface area contributed by atoms with Crippen molar-refractivity contribution in [2.75, 3.05) is 25.1 Å². The van der Waals surface area contributed by atoms with E-state index in [1.165, 1.54) is 9.80 Å². The summed E-state index contributed by atoms with van der Waals surface area (Å²) < 4.78 is 0. The van der Waals surface area contributed by atoms with Crippen LogP contribution in [0.3, 0.4) is 0 Å². The number of nitrogens with zero attached hydrogens (tertiary/aromatic N) is 5. The van der Waals surface area contributed by atoms with Gasteiger partial charge in [0.05, 0.1) is 5.69 Å². The number of hydrogen-bond acceptors (Lipinski definition) is 6. The van der Waals surface area contributed by atoms with Crippen LogP contribution in [0.1, 0.15) is 18.9 Å². The minimum absolute atomic E-state index is 0.0820. The first kappa shape index (κ1) is 18.8. The molecule has 0 bridgehead atoms. The molecule has 8 nitrogen and oxygen atoms in total. The molecule has 0 aromatic heterocycles. The van der Waals surface area contributed by atoms with Crippen molar-refractivity contribution in [3.05, 3.63) is 40.7 Å². The van der Waals surface area contributed by atoms with E-state index >= 15 is 0 Å². The first-order valence-electron chi connectivity index (χ1n) is 9.15. The lowest BCUT2D eigenvalue weighted by atomic mass is 10.1. The number of hydrogen-bond donors (Lipinski definition) is 1. The number of amides is 3. The Morgan fingerprint density at radius 1 is 1.25 bits per heavy atom. The van der Waals surface area contributed by atoms with Gasteiger partial charge < -0.3 is 14.9 Å². The van der Waals surface area contributed by atoms with Gasteiger partial charge in [-0.05, 0) is 38.0 Å². The van der Waals surface area contributed by atoms with Gasteiger partial charge in [-0.1, -0.05) is 17.7 Å². The van der Waals surface area contributed by atoms with Gasteiger partial charge in [0.2, 0.25) is 5.96 Å². The predicted molar refractivity (Wildman–Crippen MR) is 106 cm³/mol. The number of guanidine groups is 1. The van der Waals surface area contributed by atoms with E-state index in [2.05, 4.69) is 0 Å². The molecule has 2 unspecified atom stereocenters. The van der Waals surface area contributed by atoms with Crippen LogP contribution in [-0.2, 0) is 4.79 Å². The van der Waals surface area contributed by atoms with E-state index in [4.69, 9.17) is 21.7 Å². The van der Waals surface area contributed by atoms with Gasteiger partial charge in [-0.2, -0.15) is 0 Å². The van der Waals surface area contributed by atoms with Crippen molar-refractivity contribution >= 4 is 35.2 Å². The van der Waals surface area contributed by atoms with Gasteiger partial charge in [0.15, 0.2) is 12.2 Å². The van der Waals surface area contributed by atoms with Crippen LogP contribution in [0.15, 0.2) is 35.1 Å². The summed E-state index contributed by atoms with van der Waals surface area (Å²) in [6, 6.07) is 4.75. The number of likely N-dealkylation sites (N-methyl/N-ethyl adjacent to an activating group) is 1. The standard InChI is InChI=1S/C19H22ClN5O3/c1-11-5-6-13(9-14(11)20)25-12(2)10-24-15-16(21-18(24)25)22(3)19(28)23(17(15)27)7-4-8-26/h5-6,9-10,15-16,26H,4,7-8H2,1-3H3. The fourth-order valence-corrected chi connectivity index (χ4v) is 4.00. The van der Waals surface area contributed by atoms with Crippen molar-refractivity contribution in [2.45, 2.75) is 32.5 Å². The number of allylic oxidation sites excluding steroid dienone is 1. The molecule has 2 atom stereocenters. The number of imide groups is 1. The highest BCUT2D eigenvalue weighted by Crippen LogP contribution is 2.37. The number of fused-ring (bicyclic) bond motifs is 3. The van der Waals surface area contributed by atoms with E-state index in [0.29, 0.717) is 17.4 Å². The van der Waals surface area contributed by atoms with E-state index in [1.54, 1.807) is 7.05 Å². The van der Waals surface area contributed by atoms with Crippen molar-refractivity contribution in [2.24, 2.45) is 4.99 Å². The Hall–Kier alpha value is -2.58. The molecule has 1 aromatic rings. The van der Waals surface area contributed by atoms with Crippen LogP contribution in [0, 0.1) is 6.92 Å². The van der Waals surface area contributed by atoms with Crippen molar-refractivity contribution in [1.82, 2.24) is 14.7 Å². The summed E-state index contributed by atoms with van der Waals surface area (Å²) in [5.41, 5.74) is 2.74. The summed E-state index contributed by atoms with van der Waals surface area (Å²) in [5.74, 6) is 0.303. The highest BCUT2D eigenvalue weighted by molar-refractivity contribution is 6.31. The third kappa shape index (κ3) is 2.67. The summed E-state index contributed by atoms with van der Waals surface area (Å²) >= 11 is 6.30. The lowest BCUT2D eigenvalue weighted by Gasteiger charge is -2.40. The molecule has 1 fully saturated rings.